The van der Waals surface area contributed by atoms with Crippen molar-refractivity contribution in [2.75, 3.05) is 13.7 Å². The first-order valence-corrected chi connectivity index (χ1v) is 8.91. The van der Waals surface area contributed by atoms with Crippen molar-refractivity contribution in [1.82, 2.24) is 15.1 Å². The van der Waals surface area contributed by atoms with Crippen LogP contribution in [-0.2, 0) is 6.61 Å². The molecule has 2 heterocycles. The Bertz CT molecular complexity index is 923. The lowest BCUT2D eigenvalue weighted by molar-refractivity contribution is 0.0454. The first-order valence-electron chi connectivity index (χ1n) is 8.91. The number of amides is 1. The molecule has 27 heavy (non-hydrogen) atoms. The first-order chi connectivity index (χ1) is 13.2. The van der Waals surface area contributed by atoms with Gasteiger partial charge in [0.05, 0.1) is 18.8 Å². The van der Waals surface area contributed by atoms with Gasteiger partial charge in [0, 0.05) is 12.6 Å². The molecule has 1 aromatic heterocycles. The molecule has 0 bridgehead atoms. The van der Waals surface area contributed by atoms with E-state index in [1.807, 2.05) is 47.4 Å². The van der Waals surface area contributed by atoms with E-state index < -0.39 is 0 Å². The lowest BCUT2D eigenvalue weighted by Crippen LogP contribution is -2.45. The maximum atomic E-state index is 12.8. The Kier molecular flexibility index (Phi) is 4.78. The molecule has 0 saturated carbocycles. The summed E-state index contributed by atoms with van der Waals surface area (Å²) >= 11 is 0. The Hall–Kier alpha value is -3.28. The molecular weight excluding hydrogens is 342 g/mol. The third-order valence-electron chi connectivity index (χ3n) is 4.75. The number of hydrogen-bond donors (Lipinski definition) is 1. The molecule has 0 spiro atoms. The summed E-state index contributed by atoms with van der Waals surface area (Å²) < 4.78 is 10.9. The molecule has 1 N–H and O–H groups in total. The van der Waals surface area contributed by atoms with Crippen LogP contribution in [0.1, 0.15) is 34.2 Å². The Morgan fingerprint density at radius 1 is 1.15 bits per heavy atom. The summed E-state index contributed by atoms with van der Waals surface area (Å²) in [7, 11) is 1.62. The van der Waals surface area contributed by atoms with E-state index in [9.17, 15) is 4.79 Å². The number of hydrogen-bond acceptors (Lipinski definition) is 4. The fraction of sp³-hybridized carbons (Fsp3) is 0.238. The number of aromatic nitrogens is 2. The number of nitrogens with one attached hydrogen (secondary N) is 1. The molecule has 1 fully saturated rings. The minimum Gasteiger partial charge on any atom is -0.497 e. The summed E-state index contributed by atoms with van der Waals surface area (Å²) in [4.78, 5) is 14.6. The van der Waals surface area contributed by atoms with Crippen molar-refractivity contribution in [1.29, 1.82) is 0 Å². The molecule has 138 valence electrons. The van der Waals surface area contributed by atoms with Gasteiger partial charge in [-0.15, -0.1) is 0 Å². The van der Waals surface area contributed by atoms with Gasteiger partial charge in [-0.05, 0) is 30.2 Å². The van der Waals surface area contributed by atoms with Crippen LogP contribution in [0.25, 0.3) is 0 Å². The first kappa shape index (κ1) is 17.1. The summed E-state index contributed by atoms with van der Waals surface area (Å²) in [6, 6.07) is 19.4. The minimum absolute atomic E-state index is 0.0565. The molecule has 1 saturated heterocycles. The van der Waals surface area contributed by atoms with E-state index in [4.69, 9.17) is 9.47 Å². The molecule has 2 aromatic carbocycles. The van der Waals surface area contributed by atoms with Gasteiger partial charge in [0.2, 0.25) is 0 Å². The zero-order valence-corrected chi connectivity index (χ0v) is 15.1. The fourth-order valence-electron chi connectivity index (χ4n) is 3.20. The Morgan fingerprint density at radius 2 is 1.96 bits per heavy atom. The van der Waals surface area contributed by atoms with Crippen LogP contribution in [0.15, 0.2) is 60.7 Å². The van der Waals surface area contributed by atoms with Gasteiger partial charge < -0.3 is 14.4 Å². The predicted octanol–water partition coefficient (Wildman–Crippen LogP) is 3.58. The van der Waals surface area contributed by atoms with Crippen LogP contribution >= 0.6 is 0 Å². The lowest BCUT2D eigenvalue weighted by atomic mass is 9.94. The van der Waals surface area contributed by atoms with Crippen molar-refractivity contribution in [3.63, 3.8) is 0 Å². The monoisotopic (exact) mass is 363 g/mol. The van der Waals surface area contributed by atoms with Crippen LogP contribution in [0.5, 0.6) is 11.5 Å². The number of benzene rings is 2. The van der Waals surface area contributed by atoms with Crippen molar-refractivity contribution >= 4 is 5.91 Å². The maximum Gasteiger partial charge on any atom is 0.274 e. The van der Waals surface area contributed by atoms with E-state index in [2.05, 4.69) is 22.3 Å². The Balaban J connectivity index is 1.39. The normalized spacial score (nSPS) is 15.9. The predicted molar refractivity (Wildman–Crippen MR) is 101 cm³/mol. The van der Waals surface area contributed by atoms with Gasteiger partial charge >= 0.3 is 0 Å². The highest BCUT2D eigenvalue weighted by atomic mass is 16.5. The quantitative estimate of drug-likeness (QED) is 0.727. The van der Waals surface area contributed by atoms with Crippen LogP contribution in [-0.4, -0.2) is 34.7 Å². The van der Waals surface area contributed by atoms with E-state index in [-0.39, 0.29) is 11.9 Å². The molecule has 0 radical (unpaired) electrons. The average Bonchev–Trinajstić information content (AvgIpc) is 3.16. The minimum atomic E-state index is -0.0565. The van der Waals surface area contributed by atoms with E-state index in [0.717, 1.165) is 30.0 Å². The zero-order valence-electron chi connectivity index (χ0n) is 15.1. The summed E-state index contributed by atoms with van der Waals surface area (Å²) in [6.45, 7) is 1.05. The highest BCUT2D eigenvalue weighted by Gasteiger charge is 2.34. The van der Waals surface area contributed by atoms with Crippen LogP contribution in [0, 0.1) is 0 Å². The number of H-pyrrole nitrogens is 1. The van der Waals surface area contributed by atoms with E-state index in [0.29, 0.717) is 18.1 Å². The average molecular weight is 363 g/mol. The number of likely N-dealkylation sites (tertiary alicyclic amines) is 1. The van der Waals surface area contributed by atoms with Crippen LogP contribution in [0.2, 0.25) is 0 Å². The van der Waals surface area contributed by atoms with Crippen LogP contribution in [0.3, 0.4) is 0 Å². The SMILES string of the molecule is COc1cccc(OCc2cc(C(=O)N3CC[C@@H]3c3ccccc3)n[nH]2)c1. The topological polar surface area (TPSA) is 67.5 Å². The third kappa shape index (κ3) is 3.65. The number of carbonyl (C=O) groups is 1. The number of rotatable bonds is 6. The van der Waals surface area contributed by atoms with Gasteiger partial charge in [0.25, 0.3) is 5.91 Å². The molecule has 1 aliphatic heterocycles. The Labute approximate surface area is 157 Å². The smallest absolute Gasteiger partial charge is 0.274 e. The van der Waals surface area contributed by atoms with Gasteiger partial charge in [-0.25, -0.2) is 0 Å². The number of methoxy groups -OCH3 is 1. The summed E-state index contributed by atoms with van der Waals surface area (Å²) in [5, 5.41) is 7.06. The van der Waals surface area contributed by atoms with Crippen molar-refractivity contribution in [2.45, 2.75) is 19.1 Å². The van der Waals surface area contributed by atoms with Crippen LogP contribution < -0.4 is 9.47 Å². The Morgan fingerprint density at radius 3 is 2.70 bits per heavy atom. The molecule has 3 aromatic rings. The van der Waals surface area contributed by atoms with Gasteiger partial charge in [-0.2, -0.15) is 5.10 Å². The molecule has 0 aliphatic carbocycles. The van der Waals surface area contributed by atoms with Crippen LogP contribution in [0.4, 0.5) is 0 Å². The zero-order chi connectivity index (χ0) is 18.6. The second-order valence-electron chi connectivity index (χ2n) is 6.46. The van der Waals surface area contributed by atoms with Gasteiger partial charge in [0.15, 0.2) is 5.69 Å². The van der Waals surface area contributed by atoms with Crippen molar-refractivity contribution in [3.8, 4) is 11.5 Å². The molecule has 0 unspecified atom stereocenters. The summed E-state index contributed by atoms with van der Waals surface area (Å²) in [5.74, 6) is 1.38. The molecule has 1 aliphatic rings. The third-order valence-corrected chi connectivity index (χ3v) is 4.75. The van der Waals surface area contributed by atoms with E-state index in [1.165, 1.54) is 0 Å². The maximum absolute atomic E-state index is 12.8. The molecule has 1 amide bonds. The number of nitrogens with zero attached hydrogens (tertiary/aromatic N) is 2. The molecule has 6 heteroatoms. The second-order valence-corrected chi connectivity index (χ2v) is 6.46. The second kappa shape index (κ2) is 7.53. The van der Waals surface area contributed by atoms with Crippen molar-refractivity contribution < 1.29 is 14.3 Å². The molecule has 1 atom stereocenters. The van der Waals surface area contributed by atoms with Crippen molar-refractivity contribution in [3.05, 3.63) is 77.6 Å². The van der Waals surface area contributed by atoms with E-state index in [1.54, 1.807) is 13.2 Å². The lowest BCUT2D eigenvalue weighted by Gasteiger charge is -2.40. The number of ether oxygens (including phenoxy) is 2. The van der Waals surface area contributed by atoms with Gasteiger partial charge in [-0.1, -0.05) is 36.4 Å². The summed E-state index contributed by atoms with van der Waals surface area (Å²) in [5.41, 5.74) is 2.33. The number of aromatic amines is 1. The highest BCUT2D eigenvalue weighted by Crippen LogP contribution is 2.34. The van der Waals surface area contributed by atoms with Crippen molar-refractivity contribution in [2.24, 2.45) is 0 Å². The molecule has 6 nitrogen and oxygen atoms in total. The standard InChI is InChI=1S/C21H21N3O3/c1-26-17-8-5-9-18(13-17)27-14-16-12-19(23-22-16)21(25)24-11-10-20(24)15-6-3-2-4-7-15/h2-9,12-13,20H,10-11,14H2,1H3,(H,22,23)/t20-/m1/s1. The van der Waals surface area contributed by atoms with Gasteiger partial charge in [0.1, 0.15) is 18.1 Å². The largest absolute Gasteiger partial charge is 0.497 e. The molecular formula is C21H21N3O3. The fourth-order valence-corrected chi connectivity index (χ4v) is 3.20. The molecule has 4 rings (SSSR count). The number of carbonyl (C=O) groups excluding carboxylic acids is 1. The van der Waals surface area contributed by atoms with Gasteiger partial charge in [-0.3, -0.25) is 9.89 Å². The van der Waals surface area contributed by atoms with E-state index >= 15 is 0 Å². The summed E-state index contributed by atoms with van der Waals surface area (Å²) in [6.07, 6.45) is 0.978. The highest BCUT2D eigenvalue weighted by molar-refractivity contribution is 5.93.